The molecule has 2 aromatic rings. The van der Waals surface area contributed by atoms with Gasteiger partial charge in [-0.15, -0.1) is 0 Å². The molecule has 0 aromatic heterocycles. The number of aryl methyl sites for hydroxylation is 1. The number of ether oxygens (including phenoxy) is 1. The van der Waals surface area contributed by atoms with E-state index in [9.17, 15) is 14.9 Å². The second-order valence-electron chi connectivity index (χ2n) is 5.11. The highest BCUT2D eigenvalue weighted by molar-refractivity contribution is 5.78. The molecule has 0 saturated heterocycles. The van der Waals surface area contributed by atoms with E-state index in [0.717, 1.165) is 16.9 Å². The molecule has 0 heterocycles. The Kier molecular flexibility index (Phi) is 5.68. The van der Waals surface area contributed by atoms with Gasteiger partial charge < -0.3 is 10.1 Å². The summed E-state index contributed by atoms with van der Waals surface area (Å²) in [6, 6.07) is 13.6. The van der Waals surface area contributed by atoms with Crippen molar-refractivity contribution >= 4 is 11.6 Å². The lowest BCUT2D eigenvalue weighted by molar-refractivity contribution is -0.384. The first-order valence-corrected chi connectivity index (χ1v) is 7.24. The SMILES string of the molecule is Cc1ccc(OCCNC(=O)Cc2ccc([N+](=O)[O-])cc2)cc1. The van der Waals surface area contributed by atoms with E-state index in [1.165, 1.54) is 12.1 Å². The third-order valence-corrected chi connectivity index (χ3v) is 3.23. The highest BCUT2D eigenvalue weighted by atomic mass is 16.6. The number of hydrogen-bond acceptors (Lipinski definition) is 4. The van der Waals surface area contributed by atoms with Crippen LogP contribution in [0.2, 0.25) is 0 Å². The molecule has 23 heavy (non-hydrogen) atoms. The van der Waals surface area contributed by atoms with Crippen LogP contribution in [0.15, 0.2) is 48.5 Å². The first kappa shape index (κ1) is 16.5. The van der Waals surface area contributed by atoms with Gasteiger partial charge in [-0.3, -0.25) is 14.9 Å². The van der Waals surface area contributed by atoms with Gasteiger partial charge in [0.05, 0.1) is 17.9 Å². The zero-order chi connectivity index (χ0) is 16.7. The average Bonchev–Trinajstić information content (AvgIpc) is 2.54. The van der Waals surface area contributed by atoms with Gasteiger partial charge in [0.2, 0.25) is 5.91 Å². The van der Waals surface area contributed by atoms with E-state index >= 15 is 0 Å². The minimum Gasteiger partial charge on any atom is -0.492 e. The Bertz CT molecular complexity index is 666. The molecule has 0 bridgehead atoms. The third-order valence-electron chi connectivity index (χ3n) is 3.23. The number of rotatable bonds is 7. The number of hydrogen-bond donors (Lipinski definition) is 1. The van der Waals surface area contributed by atoms with Crippen molar-refractivity contribution in [3.63, 3.8) is 0 Å². The number of benzene rings is 2. The molecular weight excluding hydrogens is 296 g/mol. The van der Waals surface area contributed by atoms with E-state index in [4.69, 9.17) is 4.74 Å². The van der Waals surface area contributed by atoms with E-state index in [0.29, 0.717) is 13.2 Å². The highest BCUT2D eigenvalue weighted by Gasteiger charge is 2.07. The molecule has 0 unspecified atom stereocenters. The van der Waals surface area contributed by atoms with Crippen LogP contribution in [0.5, 0.6) is 5.75 Å². The summed E-state index contributed by atoms with van der Waals surface area (Å²) >= 11 is 0. The van der Waals surface area contributed by atoms with E-state index < -0.39 is 4.92 Å². The van der Waals surface area contributed by atoms with Crippen molar-refractivity contribution < 1.29 is 14.5 Å². The van der Waals surface area contributed by atoms with Gasteiger partial charge in [0.25, 0.3) is 5.69 Å². The molecule has 0 aliphatic rings. The van der Waals surface area contributed by atoms with Crippen LogP contribution in [-0.4, -0.2) is 24.0 Å². The first-order valence-electron chi connectivity index (χ1n) is 7.24. The zero-order valence-electron chi connectivity index (χ0n) is 12.8. The lowest BCUT2D eigenvalue weighted by Gasteiger charge is -2.08. The minimum absolute atomic E-state index is 0.0145. The van der Waals surface area contributed by atoms with E-state index in [-0.39, 0.29) is 18.0 Å². The quantitative estimate of drug-likeness (QED) is 0.484. The zero-order valence-corrected chi connectivity index (χ0v) is 12.8. The normalized spacial score (nSPS) is 10.1. The summed E-state index contributed by atoms with van der Waals surface area (Å²) in [5, 5.41) is 13.3. The number of carbonyl (C=O) groups is 1. The van der Waals surface area contributed by atoms with E-state index in [2.05, 4.69) is 5.32 Å². The number of non-ortho nitro benzene ring substituents is 1. The fraction of sp³-hybridized carbons (Fsp3) is 0.235. The van der Waals surface area contributed by atoms with Crippen LogP contribution >= 0.6 is 0 Å². The van der Waals surface area contributed by atoms with Crippen molar-refractivity contribution in [2.24, 2.45) is 0 Å². The number of nitro groups is 1. The van der Waals surface area contributed by atoms with Crippen LogP contribution in [-0.2, 0) is 11.2 Å². The third kappa shape index (κ3) is 5.43. The van der Waals surface area contributed by atoms with Gasteiger partial charge in [0, 0.05) is 12.1 Å². The van der Waals surface area contributed by atoms with Gasteiger partial charge in [0.1, 0.15) is 12.4 Å². The van der Waals surface area contributed by atoms with Crippen molar-refractivity contribution in [2.45, 2.75) is 13.3 Å². The van der Waals surface area contributed by atoms with Gasteiger partial charge in [-0.1, -0.05) is 29.8 Å². The van der Waals surface area contributed by atoms with Crippen LogP contribution in [0, 0.1) is 17.0 Å². The van der Waals surface area contributed by atoms with Gasteiger partial charge >= 0.3 is 0 Å². The summed E-state index contributed by atoms with van der Waals surface area (Å²) in [5.74, 6) is 0.617. The number of nitro benzene ring substituents is 1. The summed E-state index contributed by atoms with van der Waals surface area (Å²) in [5.41, 5.74) is 1.90. The largest absolute Gasteiger partial charge is 0.492 e. The standard InChI is InChI=1S/C17H18N2O4/c1-13-2-8-16(9-3-13)23-11-10-18-17(20)12-14-4-6-15(7-5-14)19(21)22/h2-9H,10-12H2,1H3,(H,18,20). The number of carbonyl (C=O) groups excluding carboxylic acids is 1. The van der Waals surface area contributed by atoms with Gasteiger partial charge in [-0.05, 0) is 24.6 Å². The molecule has 0 saturated carbocycles. The van der Waals surface area contributed by atoms with Gasteiger partial charge in [0.15, 0.2) is 0 Å². The van der Waals surface area contributed by atoms with Crippen molar-refractivity contribution in [1.82, 2.24) is 5.32 Å². The Morgan fingerprint density at radius 1 is 1.13 bits per heavy atom. The van der Waals surface area contributed by atoms with E-state index in [1.54, 1.807) is 12.1 Å². The summed E-state index contributed by atoms with van der Waals surface area (Å²) in [4.78, 5) is 21.9. The molecule has 6 heteroatoms. The van der Waals surface area contributed by atoms with Crippen LogP contribution in [0.25, 0.3) is 0 Å². The second-order valence-corrected chi connectivity index (χ2v) is 5.11. The number of nitrogens with zero attached hydrogens (tertiary/aromatic N) is 1. The molecule has 2 aromatic carbocycles. The summed E-state index contributed by atoms with van der Waals surface area (Å²) in [6.45, 7) is 2.79. The molecule has 0 aliphatic heterocycles. The fourth-order valence-corrected chi connectivity index (χ4v) is 1.98. The highest BCUT2D eigenvalue weighted by Crippen LogP contribution is 2.12. The average molecular weight is 314 g/mol. The van der Waals surface area contributed by atoms with Crippen molar-refractivity contribution in [3.05, 3.63) is 69.8 Å². The molecule has 1 amide bonds. The smallest absolute Gasteiger partial charge is 0.269 e. The van der Waals surface area contributed by atoms with Gasteiger partial charge in [-0.2, -0.15) is 0 Å². The second kappa shape index (κ2) is 7.93. The van der Waals surface area contributed by atoms with Crippen LogP contribution in [0.4, 0.5) is 5.69 Å². The fourth-order valence-electron chi connectivity index (χ4n) is 1.98. The van der Waals surface area contributed by atoms with E-state index in [1.807, 2.05) is 31.2 Å². The molecule has 120 valence electrons. The summed E-state index contributed by atoms with van der Waals surface area (Å²) in [6.07, 6.45) is 0.183. The predicted octanol–water partition coefficient (Wildman–Crippen LogP) is 2.64. The Labute approximate surface area is 134 Å². The molecule has 0 atom stereocenters. The Hall–Kier alpha value is -2.89. The first-order chi connectivity index (χ1) is 11.0. The molecule has 2 rings (SSSR count). The van der Waals surface area contributed by atoms with Crippen molar-refractivity contribution in [3.8, 4) is 5.75 Å². The monoisotopic (exact) mass is 314 g/mol. The Morgan fingerprint density at radius 3 is 2.39 bits per heavy atom. The van der Waals surface area contributed by atoms with Crippen LogP contribution in [0.1, 0.15) is 11.1 Å². The topological polar surface area (TPSA) is 81.5 Å². The molecule has 0 spiro atoms. The maximum absolute atomic E-state index is 11.8. The van der Waals surface area contributed by atoms with Gasteiger partial charge in [-0.25, -0.2) is 0 Å². The van der Waals surface area contributed by atoms with Crippen LogP contribution in [0.3, 0.4) is 0 Å². The molecule has 6 nitrogen and oxygen atoms in total. The molecular formula is C17H18N2O4. The molecule has 1 N–H and O–H groups in total. The maximum atomic E-state index is 11.8. The molecule has 0 radical (unpaired) electrons. The Balaban J connectivity index is 1.70. The number of nitrogens with one attached hydrogen (secondary N) is 1. The Morgan fingerprint density at radius 2 is 1.78 bits per heavy atom. The summed E-state index contributed by atoms with van der Waals surface area (Å²) < 4.78 is 5.51. The lowest BCUT2D eigenvalue weighted by atomic mass is 10.1. The van der Waals surface area contributed by atoms with Crippen molar-refractivity contribution in [1.29, 1.82) is 0 Å². The lowest BCUT2D eigenvalue weighted by Crippen LogP contribution is -2.29. The predicted molar refractivity (Wildman–Crippen MR) is 86.5 cm³/mol. The molecule has 0 aliphatic carbocycles. The van der Waals surface area contributed by atoms with Crippen molar-refractivity contribution in [2.75, 3.05) is 13.2 Å². The number of amides is 1. The maximum Gasteiger partial charge on any atom is 0.269 e. The molecule has 0 fully saturated rings. The summed E-state index contributed by atoms with van der Waals surface area (Å²) in [7, 11) is 0. The van der Waals surface area contributed by atoms with Crippen LogP contribution < -0.4 is 10.1 Å². The minimum atomic E-state index is -0.466.